The lowest BCUT2D eigenvalue weighted by Crippen LogP contribution is -2.25. The van der Waals surface area contributed by atoms with E-state index in [0.29, 0.717) is 21.4 Å². The predicted molar refractivity (Wildman–Crippen MR) is 101 cm³/mol. The molecule has 0 bridgehead atoms. The fourth-order valence-corrected chi connectivity index (χ4v) is 2.77. The normalized spacial score (nSPS) is 10.5. The van der Waals surface area contributed by atoms with Gasteiger partial charge in [-0.15, -0.1) is 0 Å². The monoisotopic (exact) mass is 423 g/mol. The first-order valence-corrected chi connectivity index (χ1v) is 8.99. The number of hydrogen-bond donors (Lipinski definition) is 3. The third-order valence-electron chi connectivity index (χ3n) is 2.70. The molecule has 0 radical (unpaired) electrons. The van der Waals surface area contributed by atoms with Crippen LogP contribution in [0.4, 0.5) is 21.0 Å². The first-order chi connectivity index (χ1) is 11.3. The van der Waals surface area contributed by atoms with Crippen LogP contribution in [0, 0.1) is 4.78 Å². The maximum absolute atomic E-state index is 12.0. The molecule has 2 aromatic carbocycles. The molecule has 0 aliphatic heterocycles. The van der Waals surface area contributed by atoms with Crippen molar-refractivity contribution in [2.24, 2.45) is 0 Å². The van der Waals surface area contributed by atoms with Gasteiger partial charge in [-0.25, -0.2) is 0 Å². The highest BCUT2D eigenvalue weighted by Gasteiger charge is 2.17. The molecule has 3 N–H and O–H groups in total. The largest absolute Gasteiger partial charge is 0.316 e. The van der Waals surface area contributed by atoms with Crippen LogP contribution in [-0.4, -0.2) is 10.5 Å². The van der Waals surface area contributed by atoms with Gasteiger partial charge in [0.2, 0.25) is 0 Å². The summed E-state index contributed by atoms with van der Waals surface area (Å²) in [7, 11) is -1.99. The first kappa shape index (κ1) is 19.0. The van der Waals surface area contributed by atoms with Gasteiger partial charge in [0.25, 0.3) is 0 Å². The van der Waals surface area contributed by atoms with E-state index < -0.39 is 21.2 Å². The van der Waals surface area contributed by atoms with Crippen LogP contribution < -0.4 is 10.6 Å². The van der Waals surface area contributed by atoms with Crippen LogP contribution in [0.5, 0.6) is 0 Å². The van der Waals surface area contributed by atoms with E-state index in [9.17, 15) is 9.59 Å². The Balaban J connectivity index is 2.03. The zero-order valence-corrected chi connectivity index (χ0v) is 15.5. The number of anilines is 2. The lowest BCUT2D eigenvalue weighted by atomic mass is 10.3. The molecule has 0 fully saturated rings. The van der Waals surface area contributed by atoms with E-state index in [-0.39, 0.29) is 10.0 Å². The molecule has 10 heteroatoms. The average Bonchev–Trinajstić information content (AvgIpc) is 2.53. The molecule has 0 heterocycles. The summed E-state index contributed by atoms with van der Waals surface area (Å²) in [5.74, 6) is 0. The van der Waals surface area contributed by atoms with Gasteiger partial charge < -0.3 is 10.6 Å². The molecule has 0 atom stereocenters. The molecule has 2 aromatic rings. The number of halogens is 4. The average molecular weight is 425 g/mol. The summed E-state index contributed by atoms with van der Waals surface area (Å²) in [6.45, 7) is 0. The van der Waals surface area contributed by atoms with Crippen LogP contribution in [0.1, 0.15) is 0 Å². The summed E-state index contributed by atoms with van der Waals surface area (Å²) >= 11 is 23.2. The number of nitrogens with one attached hydrogen (secondary N) is 3. The molecule has 0 spiro atoms. The minimum absolute atomic E-state index is 0.250. The van der Waals surface area contributed by atoms with Crippen LogP contribution in [0.25, 0.3) is 0 Å². The van der Waals surface area contributed by atoms with Crippen LogP contribution in [0.2, 0.25) is 20.1 Å². The summed E-state index contributed by atoms with van der Waals surface area (Å²) < 4.78 is 7.76. The number of amides is 2. The minimum Gasteiger partial charge on any atom is -0.316 e. The number of benzene rings is 2. The summed E-state index contributed by atoms with van der Waals surface area (Å²) in [5, 5.41) is 4.45. The standard InChI is InChI=1S/C14H9Cl4N3O2S/c15-9-3-1-7(5-11(9)17)20-13(22)24(19)14(23)21-8-2-4-10(16)12(18)6-8/h1-6,19H,(H,20,22)(H,21,23). The molecule has 126 valence electrons. The van der Waals surface area contributed by atoms with Crippen molar-refractivity contribution in [2.45, 2.75) is 0 Å². The molecule has 0 saturated carbocycles. The van der Waals surface area contributed by atoms with Crippen molar-refractivity contribution in [3.05, 3.63) is 56.5 Å². The van der Waals surface area contributed by atoms with Crippen molar-refractivity contribution in [1.82, 2.24) is 0 Å². The molecule has 0 aliphatic rings. The van der Waals surface area contributed by atoms with E-state index in [2.05, 4.69) is 10.6 Å². The van der Waals surface area contributed by atoms with Crippen molar-refractivity contribution < 1.29 is 9.59 Å². The van der Waals surface area contributed by atoms with Crippen LogP contribution in [0.3, 0.4) is 0 Å². The Kier molecular flexibility index (Phi) is 6.48. The van der Waals surface area contributed by atoms with Gasteiger partial charge >= 0.3 is 10.5 Å². The van der Waals surface area contributed by atoms with Gasteiger partial charge in [0.05, 0.1) is 30.8 Å². The van der Waals surface area contributed by atoms with Gasteiger partial charge in [0.1, 0.15) is 0 Å². The van der Waals surface area contributed by atoms with Crippen molar-refractivity contribution in [2.75, 3.05) is 10.6 Å². The summed E-state index contributed by atoms with van der Waals surface area (Å²) in [6.07, 6.45) is 0. The Morgan fingerprint density at radius 2 is 1.12 bits per heavy atom. The molecule has 24 heavy (non-hydrogen) atoms. The second-order valence-electron chi connectivity index (χ2n) is 4.39. The Bertz CT molecular complexity index is 777. The zero-order chi connectivity index (χ0) is 17.9. The van der Waals surface area contributed by atoms with Gasteiger partial charge in [-0.2, -0.15) is 0 Å². The second-order valence-corrected chi connectivity index (χ2v) is 7.37. The summed E-state index contributed by atoms with van der Waals surface area (Å²) in [5.41, 5.74) is 0.669. The maximum Gasteiger partial charge on any atom is 0.303 e. The van der Waals surface area contributed by atoms with Crippen LogP contribution in [-0.2, 0) is 10.7 Å². The Morgan fingerprint density at radius 1 is 0.750 bits per heavy atom. The predicted octanol–water partition coefficient (Wildman–Crippen LogP) is 6.44. The Labute approximate surface area is 160 Å². The fourth-order valence-electron chi connectivity index (χ4n) is 1.57. The summed E-state index contributed by atoms with van der Waals surface area (Å²) in [4.78, 5) is 24.0. The molecule has 0 unspecified atom stereocenters. The Hall–Kier alpha value is -1.31. The van der Waals surface area contributed by atoms with Gasteiger partial charge in [0.15, 0.2) is 0 Å². The molecule has 2 rings (SSSR count). The first-order valence-electron chi connectivity index (χ1n) is 6.25. The maximum atomic E-state index is 12.0. The van der Waals surface area contributed by atoms with E-state index in [4.69, 9.17) is 51.2 Å². The SMILES string of the molecule is N=S(C(=O)Nc1ccc(Cl)c(Cl)c1)C(=O)Nc1ccc(Cl)c(Cl)c1. The highest BCUT2D eigenvalue weighted by Crippen LogP contribution is 2.26. The van der Waals surface area contributed by atoms with Crippen molar-refractivity contribution >= 4 is 78.9 Å². The van der Waals surface area contributed by atoms with Crippen molar-refractivity contribution in [3.63, 3.8) is 0 Å². The Morgan fingerprint density at radius 3 is 1.46 bits per heavy atom. The van der Waals surface area contributed by atoms with E-state index >= 15 is 0 Å². The number of hydrogen-bond acceptors (Lipinski definition) is 3. The number of carbonyl (C=O) groups is 2. The van der Waals surface area contributed by atoms with E-state index in [1.165, 1.54) is 36.4 Å². The molecule has 2 amide bonds. The highest BCUT2D eigenvalue weighted by atomic mass is 35.5. The summed E-state index contributed by atoms with van der Waals surface area (Å²) in [6, 6.07) is 8.88. The topological polar surface area (TPSA) is 82.1 Å². The van der Waals surface area contributed by atoms with E-state index in [1.54, 1.807) is 0 Å². The molecule has 5 nitrogen and oxygen atoms in total. The van der Waals surface area contributed by atoms with Gasteiger partial charge in [0, 0.05) is 11.4 Å². The molecule has 0 aliphatic carbocycles. The lowest BCUT2D eigenvalue weighted by Gasteiger charge is -2.09. The molecule has 0 saturated heterocycles. The minimum atomic E-state index is -1.99. The third kappa shape index (κ3) is 4.84. The van der Waals surface area contributed by atoms with Crippen LogP contribution in [0.15, 0.2) is 36.4 Å². The molecule has 0 aromatic heterocycles. The lowest BCUT2D eigenvalue weighted by molar-refractivity contribution is 0.266. The van der Waals surface area contributed by atoms with Crippen molar-refractivity contribution in [1.29, 1.82) is 4.78 Å². The molecular formula is C14H9Cl4N3O2S. The highest BCUT2D eigenvalue weighted by molar-refractivity contribution is 8.14. The second kappa shape index (κ2) is 8.18. The van der Waals surface area contributed by atoms with E-state index in [0.717, 1.165) is 0 Å². The van der Waals surface area contributed by atoms with E-state index in [1.807, 2.05) is 0 Å². The van der Waals surface area contributed by atoms with Gasteiger partial charge in [-0.05, 0) is 36.4 Å². The molecular weight excluding hydrogens is 416 g/mol. The third-order valence-corrected chi connectivity index (χ3v) is 5.13. The number of rotatable bonds is 2. The van der Waals surface area contributed by atoms with Gasteiger partial charge in [-0.3, -0.25) is 14.4 Å². The zero-order valence-electron chi connectivity index (χ0n) is 11.7. The fraction of sp³-hybridized carbons (Fsp3) is 0. The van der Waals surface area contributed by atoms with Crippen LogP contribution >= 0.6 is 46.4 Å². The smallest absolute Gasteiger partial charge is 0.303 e. The number of carbonyl (C=O) groups excluding carboxylic acids is 2. The van der Waals surface area contributed by atoms with Gasteiger partial charge in [-0.1, -0.05) is 46.4 Å². The quantitative estimate of drug-likeness (QED) is 0.517. The van der Waals surface area contributed by atoms with Crippen molar-refractivity contribution in [3.8, 4) is 0 Å².